The lowest BCUT2D eigenvalue weighted by Crippen LogP contribution is -2.29. The number of rotatable bonds is 5. The van der Waals surface area contributed by atoms with Crippen LogP contribution in [0.15, 0.2) is 24.3 Å². The predicted molar refractivity (Wildman–Crippen MR) is 72.7 cm³/mol. The standard InChI is InChI=1S/C15H25NO/c1-12(15(2,3)4)9-16-10-13-5-7-14(11-17)8-6-13/h5-8,12,16-17H,9-11H2,1-4H3. The van der Waals surface area contributed by atoms with E-state index < -0.39 is 0 Å². The summed E-state index contributed by atoms with van der Waals surface area (Å²) in [6.07, 6.45) is 0. The Hall–Kier alpha value is -0.860. The Labute approximate surface area is 105 Å². The molecule has 1 rings (SSSR count). The highest BCUT2D eigenvalue weighted by Gasteiger charge is 2.18. The molecule has 0 aliphatic rings. The molecule has 1 aromatic carbocycles. The first kappa shape index (κ1) is 14.2. The summed E-state index contributed by atoms with van der Waals surface area (Å²) >= 11 is 0. The van der Waals surface area contributed by atoms with Gasteiger partial charge in [0.05, 0.1) is 6.61 Å². The van der Waals surface area contributed by atoms with Gasteiger partial charge in [0.2, 0.25) is 0 Å². The fraction of sp³-hybridized carbons (Fsp3) is 0.600. The summed E-state index contributed by atoms with van der Waals surface area (Å²) in [5, 5.41) is 12.4. The van der Waals surface area contributed by atoms with Crippen LogP contribution in [-0.2, 0) is 13.2 Å². The molecule has 1 aromatic rings. The first-order valence-electron chi connectivity index (χ1n) is 6.33. The second kappa shape index (κ2) is 6.18. The summed E-state index contributed by atoms with van der Waals surface area (Å²) in [7, 11) is 0. The highest BCUT2D eigenvalue weighted by molar-refractivity contribution is 5.21. The highest BCUT2D eigenvalue weighted by atomic mass is 16.3. The number of hydrogen-bond donors (Lipinski definition) is 2. The summed E-state index contributed by atoms with van der Waals surface area (Å²) < 4.78 is 0. The molecule has 0 fully saturated rings. The molecule has 0 aliphatic heterocycles. The van der Waals surface area contributed by atoms with Crippen molar-refractivity contribution in [1.82, 2.24) is 5.32 Å². The van der Waals surface area contributed by atoms with Crippen LogP contribution in [0.5, 0.6) is 0 Å². The molecule has 2 nitrogen and oxygen atoms in total. The van der Waals surface area contributed by atoms with Crippen LogP contribution in [0, 0.1) is 11.3 Å². The quantitative estimate of drug-likeness (QED) is 0.822. The van der Waals surface area contributed by atoms with Crippen molar-refractivity contribution in [3.63, 3.8) is 0 Å². The fourth-order valence-corrected chi connectivity index (χ4v) is 1.50. The minimum Gasteiger partial charge on any atom is -0.392 e. The second-order valence-corrected chi connectivity index (χ2v) is 5.87. The van der Waals surface area contributed by atoms with E-state index in [1.807, 2.05) is 12.1 Å². The summed E-state index contributed by atoms with van der Waals surface area (Å²) in [5.41, 5.74) is 2.59. The third kappa shape index (κ3) is 4.88. The van der Waals surface area contributed by atoms with Gasteiger partial charge in [-0.1, -0.05) is 52.0 Å². The Kier molecular flexibility index (Phi) is 5.16. The van der Waals surface area contributed by atoms with Crippen LogP contribution in [0.25, 0.3) is 0 Å². The third-order valence-corrected chi connectivity index (χ3v) is 3.46. The fourth-order valence-electron chi connectivity index (χ4n) is 1.50. The minimum absolute atomic E-state index is 0.120. The second-order valence-electron chi connectivity index (χ2n) is 5.87. The van der Waals surface area contributed by atoms with E-state index in [1.165, 1.54) is 5.56 Å². The van der Waals surface area contributed by atoms with Crippen LogP contribution >= 0.6 is 0 Å². The van der Waals surface area contributed by atoms with Gasteiger partial charge in [0, 0.05) is 6.54 Å². The van der Waals surface area contributed by atoms with E-state index in [9.17, 15) is 0 Å². The van der Waals surface area contributed by atoms with Crippen molar-refractivity contribution in [2.75, 3.05) is 6.54 Å². The van der Waals surface area contributed by atoms with E-state index in [-0.39, 0.29) is 6.61 Å². The number of aliphatic hydroxyl groups excluding tert-OH is 1. The van der Waals surface area contributed by atoms with Gasteiger partial charge in [-0.25, -0.2) is 0 Å². The molecular formula is C15H25NO. The van der Waals surface area contributed by atoms with E-state index in [0.29, 0.717) is 11.3 Å². The Balaban J connectivity index is 2.35. The summed E-state index contributed by atoms with van der Waals surface area (Å²) in [6, 6.07) is 8.09. The van der Waals surface area contributed by atoms with Gasteiger partial charge in [0.15, 0.2) is 0 Å². The SMILES string of the molecule is CC(CNCc1ccc(CO)cc1)C(C)(C)C. The van der Waals surface area contributed by atoms with Gasteiger partial charge in [-0.05, 0) is 29.0 Å². The minimum atomic E-state index is 0.120. The van der Waals surface area contributed by atoms with Gasteiger partial charge in [0.25, 0.3) is 0 Å². The molecule has 0 spiro atoms. The number of nitrogens with one attached hydrogen (secondary N) is 1. The first-order valence-corrected chi connectivity index (χ1v) is 6.33. The summed E-state index contributed by atoms with van der Waals surface area (Å²) in [6.45, 7) is 11.1. The van der Waals surface area contributed by atoms with E-state index in [1.54, 1.807) is 0 Å². The van der Waals surface area contributed by atoms with Crippen molar-refractivity contribution < 1.29 is 5.11 Å². The summed E-state index contributed by atoms with van der Waals surface area (Å²) in [5.74, 6) is 0.652. The molecule has 0 heterocycles. The smallest absolute Gasteiger partial charge is 0.0681 e. The molecule has 1 atom stereocenters. The average molecular weight is 235 g/mol. The maximum atomic E-state index is 8.95. The Morgan fingerprint density at radius 3 is 2.12 bits per heavy atom. The van der Waals surface area contributed by atoms with Crippen molar-refractivity contribution in [3.8, 4) is 0 Å². The maximum absolute atomic E-state index is 8.95. The van der Waals surface area contributed by atoms with Crippen LogP contribution in [0.1, 0.15) is 38.8 Å². The number of hydrogen-bond acceptors (Lipinski definition) is 2. The van der Waals surface area contributed by atoms with Gasteiger partial charge in [-0.3, -0.25) is 0 Å². The van der Waals surface area contributed by atoms with Gasteiger partial charge in [-0.15, -0.1) is 0 Å². The number of aliphatic hydroxyl groups is 1. The highest BCUT2D eigenvalue weighted by Crippen LogP contribution is 2.24. The van der Waals surface area contributed by atoms with Crippen LogP contribution in [0.2, 0.25) is 0 Å². The van der Waals surface area contributed by atoms with Crippen LogP contribution in [-0.4, -0.2) is 11.7 Å². The van der Waals surface area contributed by atoms with Crippen LogP contribution in [0.3, 0.4) is 0 Å². The largest absolute Gasteiger partial charge is 0.392 e. The average Bonchev–Trinajstić information content (AvgIpc) is 2.28. The molecule has 0 aromatic heterocycles. The maximum Gasteiger partial charge on any atom is 0.0681 e. The molecule has 0 saturated carbocycles. The van der Waals surface area contributed by atoms with Crippen molar-refractivity contribution in [2.45, 2.75) is 40.8 Å². The molecule has 0 radical (unpaired) electrons. The monoisotopic (exact) mass is 235 g/mol. The zero-order valence-electron chi connectivity index (χ0n) is 11.5. The lowest BCUT2D eigenvalue weighted by molar-refractivity contribution is 0.252. The van der Waals surface area contributed by atoms with Crippen molar-refractivity contribution in [1.29, 1.82) is 0 Å². The molecule has 2 heteroatoms. The third-order valence-electron chi connectivity index (χ3n) is 3.46. The molecule has 17 heavy (non-hydrogen) atoms. The Bertz CT molecular complexity index is 324. The number of benzene rings is 1. The molecule has 0 aliphatic carbocycles. The topological polar surface area (TPSA) is 32.3 Å². The molecule has 96 valence electrons. The zero-order valence-corrected chi connectivity index (χ0v) is 11.5. The molecule has 1 unspecified atom stereocenters. The Morgan fingerprint density at radius 1 is 1.12 bits per heavy atom. The Morgan fingerprint density at radius 2 is 1.65 bits per heavy atom. The van der Waals surface area contributed by atoms with E-state index in [4.69, 9.17) is 5.11 Å². The molecule has 0 bridgehead atoms. The molecular weight excluding hydrogens is 210 g/mol. The molecule has 0 amide bonds. The first-order chi connectivity index (χ1) is 7.93. The molecule has 0 saturated heterocycles. The van der Waals surface area contributed by atoms with Gasteiger partial charge < -0.3 is 10.4 Å². The lowest BCUT2D eigenvalue weighted by Gasteiger charge is -2.27. The zero-order chi connectivity index (χ0) is 12.9. The van der Waals surface area contributed by atoms with Crippen LogP contribution < -0.4 is 5.32 Å². The van der Waals surface area contributed by atoms with Crippen LogP contribution in [0.4, 0.5) is 0 Å². The van der Waals surface area contributed by atoms with Crippen molar-refractivity contribution >= 4 is 0 Å². The lowest BCUT2D eigenvalue weighted by atomic mass is 9.82. The van der Waals surface area contributed by atoms with E-state index >= 15 is 0 Å². The van der Waals surface area contributed by atoms with Crippen molar-refractivity contribution in [2.24, 2.45) is 11.3 Å². The summed E-state index contributed by atoms with van der Waals surface area (Å²) in [4.78, 5) is 0. The van der Waals surface area contributed by atoms with Gasteiger partial charge in [0.1, 0.15) is 0 Å². The predicted octanol–water partition coefficient (Wildman–Crippen LogP) is 2.95. The van der Waals surface area contributed by atoms with Gasteiger partial charge >= 0.3 is 0 Å². The van der Waals surface area contributed by atoms with E-state index in [0.717, 1.165) is 18.7 Å². The normalized spacial score (nSPS) is 13.7. The molecule has 2 N–H and O–H groups in total. The van der Waals surface area contributed by atoms with Crippen molar-refractivity contribution in [3.05, 3.63) is 35.4 Å². The van der Waals surface area contributed by atoms with Gasteiger partial charge in [-0.2, -0.15) is 0 Å². The van der Waals surface area contributed by atoms with E-state index in [2.05, 4.69) is 45.1 Å².